The number of benzene rings is 4. The Labute approximate surface area is 245 Å². The molecule has 1 fully saturated rings. The Morgan fingerprint density at radius 1 is 0.805 bits per heavy atom. The van der Waals surface area contributed by atoms with Crippen molar-refractivity contribution in [1.82, 2.24) is 4.90 Å². The van der Waals surface area contributed by atoms with Crippen LogP contribution in [0.25, 0.3) is 10.8 Å². The van der Waals surface area contributed by atoms with Crippen LogP contribution in [0.15, 0.2) is 99.6 Å². The number of anilines is 2. The molecule has 4 aromatic rings. The van der Waals surface area contributed by atoms with Crippen LogP contribution in [0.1, 0.15) is 30.1 Å². The molecule has 214 valence electrons. The molecule has 0 radical (unpaired) electrons. The maximum atomic E-state index is 13.3. The second-order valence-corrected chi connectivity index (χ2v) is 14.3. The van der Waals surface area contributed by atoms with Gasteiger partial charge in [0.05, 0.1) is 21.0 Å². The second-order valence-electron chi connectivity index (χ2n) is 10.1. The minimum Gasteiger partial charge on any atom is -0.339 e. The van der Waals surface area contributed by atoms with E-state index >= 15 is 0 Å². The molecule has 0 aliphatic carbocycles. The summed E-state index contributed by atoms with van der Waals surface area (Å²) in [5.74, 6) is 0.386. The van der Waals surface area contributed by atoms with Crippen molar-refractivity contribution in [2.75, 3.05) is 28.8 Å². The average Bonchev–Trinajstić information content (AvgIpc) is 2.97. The van der Waals surface area contributed by atoms with E-state index in [9.17, 15) is 21.6 Å². The lowest BCUT2D eigenvalue weighted by molar-refractivity contribution is 0.0693. The summed E-state index contributed by atoms with van der Waals surface area (Å²) >= 11 is 1.39. The van der Waals surface area contributed by atoms with Gasteiger partial charge in [-0.25, -0.2) is 16.8 Å². The lowest BCUT2D eigenvalue weighted by Gasteiger charge is -2.30. The summed E-state index contributed by atoms with van der Waals surface area (Å²) in [6.45, 7) is 3.46. The fraction of sp³-hybridized carbons (Fsp3) is 0.233. The molecule has 5 rings (SSSR count). The molecule has 1 saturated heterocycles. The fourth-order valence-electron chi connectivity index (χ4n) is 4.84. The van der Waals surface area contributed by atoms with Crippen molar-refractivity contribution >= 4 is 59.9 Å². The summed E-state index contributed by atoms with van der Waals surface area (Å²) < 4.78 is 57.8. The van der Waals surface area contributed by atoms with E-state index in [0.29, 0.717) is 35.2 Å². The van der Waals surface area contributed by atoms with Gasteiger partial charge in [0.2, 0.25) is 0 Å². The van der Waals surface area contributed by atoms with Crippen LogP contribution in [0.2, 0.25) is 0 Å². The van der Waals surface area contributed by atoms with Crippen LogP contribution in [0.5, 0.6) is 0 Å². The first-order chi connectivity index (χ1) is 19.6. The molecule has 4 aromatic carbocycles. The third-order valence-electron chi connectivity index (χ3n) is 7.23. The second kappa shape index (κ2) is 11.8. The molecule has 1 aliphatic heterocycles. The maximum Gasteiger partial charge on any atom is 0.261 e. The lowest BCUT2D eigenvalue weighted by Crippen LogP contribution is -2.38. The topological polar surface area (TPSA) is 113 Å². The molecule has 41 heavy (non-hydrogen) atoms. The van der Waals surface area contributed by atoms with Crippen molar-refractivity contribution in [3.63, 3.8) is 0 Å². The summed E-state index contributed by atoms with van der Waals surface area (Å²) in [5, 5.41) is 1.67. The summed E-state index contributed by atoms with van der Waals surface area (Å²) in [7, 11) is -7.98. The number of likely N-dealkylation sites (tertiary alicyclic amines) is 1. The van der Waals surface area contributed by atoms with Crippen LogP contribution in [0.4, 0.5) is 11.4 Å². The Kier molecular flexibility index (Phi) is 8.30. The van der Waals surface area contributed by atoms with E-state index in [1.165, 1.54) is 48.2 Å². The Morgan fingerprint density at radius 2 is 1.44 bits per heavy atom. The van der Waals surface area contributed by atoms with E-state index < -0.39 is 20.0 Å². The smallest absolute Gasteiger partial charge is 0.261 e. The molecule has 8 nitrogen and oxygen atoms in total. The Bertz CT molecular complexity index is 1790. The zero-order valence-electron chi connectivity index (χ0n) is 22.7. The van der Waals surface area contributed by atoms with Crippen molar-refractivity contribution in [2.45, 2.75) is 34.5 Å². The van der Waals surface area contributed by atoms with Gasteiger partial charge in [0.1, 0.15) is 0 Å². The van der Waals surface area contributed by atoms with E-state index in [0.717, 1.165) is 23.6 Å². The maximum absolute atomic E-state index is 13.3. The molecule has 0 saturated carbocycles. The highest BCUT2D eigenvalue weighted by Gasteiger charge is 2.26. The quantitative estimate of drug-likeness (QED) is 0.236. The van der Waals surface area contributed by atoms with Crippen LogP contribution >= 0.6 is 11.8 Å². The average molecular weight is 610 g/mol. The number of sulfonamides is 2. The van der Waals surface area contributed by atoms with Gasteiger partial charge < -0.3 is 4.90 Å². The standard InChI is InChI=1S/C30H31N3O5S3/c1-21-16-18-33(19-17-21)30(34)27-20-25(14-15-29(27)39-2)41(37,38)31-23-10-12-24(13-11-23)40(35,36)32-28-9-5-7-22-6-3-4-8-26(22)28/h3-15,20-21,31-32H,16-19H2,1-2H3. The first-order valence-electron chi connectivity index (χ1n) is 13.2. The molecular weight excluding hydrogens is 579 g/mol. The van der Waals surface area contributed by atoms with E-state index in [-0.39, 0.29) is 21.4 Å². The summed E-state index contributed by atoms with van der Waals surface area (Å²) in [6.07, 6.45) is 3.69. The summed E-state index contributed by atoms with van der Waals surface area (Å²) in [6, 6.07) is 22.8. The Morgan fingerprint density at radius 3 is 2.15 bits per heavy atom. The fourth-order valence-corrected chi connectivity index (χ4v) is 7.57. The zero-order valence-corrected chi connectivity index (χ0v) is 25.2. The SMILES string of the molecule is CSc1ccc(S(=O)(=O)Nc2ccc(S(=O)(=O)Nc3cccc4ccccc34)cc2)cc1C(=O)N1CCC(C)CC1. The number of carbonyl (C=O) groups excluding carboxylic acids is 1. The van der Waals surface area contributed by atoms with Crippen LogP contribution < -0.4 is 9.44 Å². The number of nitrogens with one attached hydrogen (secondary N) is 2. The molecule has 0 atom stereocenters. The number of carbonyl (C=O) groups is 1. The molecule has 0 aromatic heterocycles. The molecule has 0 spiro atoms. The number of fused-ring (bicyclic) bond motifs is 1. The number of amides is 1. The highest BCUT2D eigenvalue weighted by atomic mass is 32.2. The van der Waals surface area contributed by atoms with Gasteiger partial charge in [-0.3, -0.25) is 14.2 Å². The van der Waals surface area contributed by atoms with Crippen molar-refractivity contribution in [3.8, 4) is 0 Å². The third-order valence-corrected chi connectivity index (χ3v) is 10.8. The van der Waals surface area contributed by atoms with Gasteiger partial charge in [-0.2, -0.15) is 0 Å². The largest absolute Gasteiger partial charge is 0.339 e. The summed E-state index contributed by atoms with van der Waals surface area (Å²) in [5.41, 5.74) is 1.00. The number of hydrogen-bond donors (Lipinski definition) is 2. The van der Waals surface area contributed by atoms with Crippen LogP contribution in [0, 0.1) is 5.92 Å². The van der Waals surface area contributed by atoms with Crippen LogP contribution in [-0.4, -0.2) is 47.0 Å². The van der Waals surface area contributed by atoms with E-state index in [4.69, 9.17) is 0 Å². The molecule has 0 unspecified atom stereocenters. The first kappa shape index (κ1) is 29.0. The number of nitrogens with zero attached hydrogens (tertiary/aromatic N) is 1. The predicted molar refractivity (Wildman–Crippen MR) is 165 cm³/mol. The number of rotatable bonds is 8. The minimum absolute atomic E-state index is 0.0126. The van der Waals surface area contributed by atoms with E-state index in [2.05, 4.69) is 16.4 Å². The van der Waals surface area contributed by atoms with E-state index in [1.807, 2.05) is 36.6 Å². The number of hydrogen-bond acceptors (Lipinski definition) is 6. The first-order valence-corrected chi connectivity index (χ1v) is 17.4. The zero-order chi connectivity index (χ0) is 29.2. The highest BCUT2D eigenvalue weighted by molar-refractivity contribution is 7.98. The van der Waals surface area contributed by atoms with Gasteiger partial charge >= 0.3 is 0 Å². The summed E-state index contributed by atoms with van der Waals surface area (Å²) in [4.78, 5) is 15.7. The van der Waals surface area contributed by atoms with Crippen molar-refractivity contribution in [2.24, 2.45) is 5.92 Å². The van der Waals surface area contributed by atoms with Gasteiger partial charge in [0.15, 0.2) is 0 Å². The molecule has 1 heterocycles. The third kappa shape index (κ3) is 6.37. The van der Waals surface area contributed by atoms with E-state index in [1.54, 1.807) is 23.1 Å². The van der Waals surface area contributed by atoms with Gasteiger partial charge in [-0.15, -0.1) is 11.8 Å². The van der Waals surface area contributed by atoms with Crippen LogP contribution in [0.3, 0.4) is 0 Å². The van der Waals surface area contributed by atoms with Gasteiger partial charge in [0, 0.05) is 29.1 Å². The Balaban J connectivity index is 1.34. The monoisotopic (exact) mass is 609 g/mol. The molecular formula is C30H31N3O5S3. The molecule has 11 heteroatoms. The van der Waals surface area contributed by atoms with Crippen molar-refractivity contribution < 1.29 is 21.6 Å². The molecule has 1 aliphatic rings. The predicted octanol–water partition coefficient (Wildman–Crippen LogP) is 6.04. The van der Waals surface area contributed by atoms with Crippen molar-refractivity contribution in [1.29, 1.82) is 0 Å². The molecule has 0 bridgehead atoms. The van der Waals surface area contributed by atoms with Crippen LogP contribution in [-0.2, 0) is 20.0 Å². The number of piperidine rings is 1. The minimum atomic E-state index is -4.05. The van der Waals surface area contributed by atoms with Crippen molar-refractivity contribution in [3.05, 3.63) is 90.5 Å². The molecule has 1 amide bonds. The van der Waals surface area contributed by atoms with Gasteiger partial charge in [-0.05, 0) is 78.9 Å². The normalized spacial score (nSPS) is 14.6. The molecule has 2 N–H and O–H groups in total. The van der Waals surface area contributed by atoms with Gasteiger partial charge in [-0.1, -0.05) is 43.3 Å². The lowest BCUT2D eigenvalue weighted by atomic mass is 9.98. The highest BCUT2D eigenvalue weighted by Crippen LogP contribution is 2.29. The Hall–Kier alpha value is -3.54. The van der Waals surface area contributed by atoms with Gasteiger partial charge in [0.25, 0.3) is 26.0 Å². The number of thioether (sulfide) groups is 1.